The van der Waals surface area contributed by atoms with E-state index in [1.807, 2.05) is 31.2 Å². The van der Waals surface area contributed by atoms with Crippen molar-refractivity contribution in [1.29, 1.82) is 0 Å². The maximum Gasteiger partial charge on any atom is 0.273 e. The maximum atomic E-state index is 12.3. The summed E-state index contributed by atoms with van der Waals surface area (Å²) in [5.41, 5.74) is 7.56. The Hall–Kier alpha value is -2.95. The Morgan fingerprint density at radius 2 is 1.89 bits per heavy atom. The average Bonchev–Trinajstić information content (AvgIpc) is 2.93. The fourth-order valence-electron chi connectivity index (χ4n) is 4.54. The van der Waals surface area contributed by atoms with Crippen molar-refractivity contribution in [2.45, 2.75) is 58.0 Å². The fraction of sp³-hybridized carbons (Fsp3) is 0.607. The molecule has 1 aliphatic heterocycles. The van der Waals surface area contributed by atoms with Gasteiger partial charge in [-0.1, -0.05) is 32.3 Å². The van der Waals surface area contributed by atoms with Crippen LogP contribution in [-0.4, -0.2) is 90.3 Å². The molecule has 4 rings (SSSR count). The summed E-state index contributed by atoms with van der Waals surface area (Å²) in [5.74, 6) is 1.08. The quantitative estimate of drug-likeness (QED) is 0.364. The van der Waals surface area contributed by atoms with Crippen LogP contribution >= 0.6 is 0 Å². The van der Waals surface area contributed by atoms with E-state index in [9.17, 15) is 4.79 Å². The molecule has 5 N–H and O–H groups in total. The summed E-state index contributed by atoms with van der Waals surface area (Å²) in [7, 11) is 3.73. The maximum absolute atomic E-state index is 12.3. The van der Waals surface area contributed by atoms with E-state index in [1.54, 1.807) is 7.05 Å². The van der Waals surface area contributed by atoms with E-state index in [0.29, 0.717) is 30.4 Å². The molecule has 210 valence electrons. The largest absolute Gasteiger partial charge is 0.493 e. The Bertz CT molecular complexity index is 1010. The van der Waals surface area contributed by atoms with Gasteiger partial charge in [0.15, 0.2) is 11.5 Å². The van der Waals surface area contributed by atoms with Crippen LogP contribution in [0.3, 0.4) is 0 Å². The molecule has 0 bridgehead atoms. The van der Waals surface area contributed by atoms with E-state index < -0.39 is 0 Å². The first-order valence-electron chi connectivity index (χ1n) is 13.9. The zero-order chi connectivity index (χ0) is 27.3. The second kappa shape index (κ2) is 15.5. The number of hydrogen-bond donors (Lipinski definition) is 4. The van der Waals surface area contributed by atoms with Gasteiger partial charge in [-0.15, -0.1) is 0 Å². The van der Waals surface area contributed by atoms with Crippen LogP contribution in [0, 0.1) is 0 Å². The molecule has 2 fully saturated rings. The number of amides is 1. The number of nitrogen functional groups attached to an aromatic ring is 1. The van der Waals surface area contributed by atoms with Crippen LogP contribution in [0.5, 0.6) is 5.75 Å². The topological polar surface area (TPSA) is 129 Å². The number of ether oxygens (including phenoxy) is 1. The van der Waals surface area contributed by atoms with Gasteiger partial charge in [-0.3, -0.25) is 4.79 Å². The SMILES string of the molecule is CCc1nc(C(=O)NC)c(Nc2cccc(OCCCN3CCN(C)CC3)c2)nc1N.OC1CCCCC1. The number of carbonyl (C=O) groups excluding carboxylic acids is 1. The summed E-state index contributed by atoms with van der Waals surface area (Å²) < 4.78 is 5.94. The van der Waals surface area contributed by atoms with Gasteiger partial charge in [0.2, 0.25) is 0 Å². The molecular formula is C28H45N7O3. The minimum Gasteiger partial charge on any atom is -0.493 e. The van der Waals surface area contributed by atoms with Crippen molar-refractivity contribution in [3.8, 4) is 5.75 Å². The number of nitrogens with one attached hydrogen (secondary N) is 2. The Balaban J connectivity index is 0.000000494. The predicted molar refractivity (Wildman–Crippen MR) is 152 cm³/mol. The van der Waals surface area contributed by atoms with Gasteiger partial charge < -0.3 is 36.0 Å². The van der Waals surface area contributed by atoms with Gasteiger partial charge >= 0.3 is 0 Å². The van der Waals surface area contributed by atoms with Crippen molar-refractivity contribution in [3.63, 3.8) is 0 Å². The molecule has 10 nitrogen and oxygen atoms in total. The van der Waals surface area contributed by atoms with Crippen molar-refractivity contribution in [2.75, 3.05) is 64.5 Å². The molecule has 0 spiro atoms. The third-order valence-electron chi connectivity index (χ3n) is 6.93. The van der Waals surface area contributed by atoms with Gasteiger partial charge in [-0.25, -0.2) is 9.97 Å². The number of aryl methyl sites for hydroxylation is 1. The van der Waals surface area contributed by atoms with Crippen molar-refractivity contribution in [1.82, 2.24) is 25.1 Å². The van der Waals surface area contributed by atoms with Crippen molar-refractivity contribution < 1.29 is 14.6 Å². The van der Waals surface area contributed by atoms with E-state index in [1.165, 1.54) is 19.3 Å². The summed E-state index contributed by atoms with van der Waals surface area (Å²) in [4.78, 5) is 25.9. The minimum absolute atomic E-state index is 0.0359. The van der Waals surface area contributed by atoms with Crippen LogP contribution in [0.1, 0.15) is 61.6 Å². The number of aromatic nitrogens is 2. The number of anilines is 3. The lowest BCUT2D eigenvalue weighted by atomic mass is 9.98. The van der Waals surface area contributed by atoms with Crippen molar-refractivity contribution in [2.24, 2.45) is 0 Å². The first-order chi connectivity index (χ1) is 18.4. The molecule has 0 atom stereocenters. The summed E-state index contributed by atoms with van der Waals surface area (Å²) in [6.45, 7) is 8.09. The van der Waals surface area contributed by atoms with Crippen molar-refractivity contribution in [3.05, 3.63) is 35.7 Å². The molecule has 0 unspecified atom stereocenters. The lowest BCUT2D eigenvalue weighted by Crippen LogP contribution is -2.44. The van der Waals surface area contributed by atoms with E-state index >= 15 is 0 Å². The number of aliphatic hydroxyl groups is 1. The lowest BCUT2D eigenvalue weighted by Gasteiger charge is -2.32. The molecular weight excluding hydrogens is 482 g/mol. The van der Waals surface area contributed by atoms with E-state index in [4.69, 9.17) is 15.6 Å². The number of piperazine rings is 1. The molecule has 10 heteroatoms. The first kappa shape index (κ1) is 29.6. The Kier molecular flexibility index (Phi) is 12.0. The molecule has 2 heterocycles. The van der Waals surface area contributed by atoms with Crippen LogP contribution < -0.4 is 21.1 Å². The Morgan fingerprint density at radius 3 is 2.53 bits per heavy atom. The molecule has 38 heavy (non-hydrogen) atoms. The molecule has 2 aliphatic rings. The summed E-state index contributed by atoms with van der Waals surface area (Å²) in [6, 6.07) is 7.58. The normalized spacial score (nSPS) is 16.8. The molecule has 1 amide bonds. The molecule has 0 radical (unpaired) electrons. The average molecular weight is 528 g/mol. The number of nitrogens with two attached hydrogens (primary N) is 1. The van der Waals surface area contributed by atoms with Gasteiger partial charge in [0.25, 0.3) is 5.91 Å². The number of likely N-dealkylation sites (N-methyl/N-ethyl adjacent to an activating group) is 1. The number of nitrogens with zero attached hydrogens (tertiary/aromatic N) is 4. The number of benzene rings is 1. The van der Waals surface area contributed by atoms with Crippen LogP contribution in [0.15, 0.2) is 24.3 Å². The summed E-state index contributed by atoms with van der Waals surface area (Å²) in [6.07, 6.45) is 7.50. The Morgan fingerprint density at radius 1 is 1.16 bits per heavy atom. The Labute approximate surface area is 227 Å². The number of hydrogen-bond acceptors (Lipinski definition) is 9. The number of aliphatic hydroxyl groups excluding tert-OH is 1. The van der Waals surface area contributed by atoms with E-state index in [0.717, 1.165) is 63.4 Å². The highest BCUT2D eigenvalue weighted by atomic mass is 16.5. The summed E-state index contributed by atoms with van der Waals surface area (Å²) >= 11 is 0. The number of carbonyl (C=O) groups is 1. The van der Waals surface area contributed by atoms with Crippen molar-refractivity contribution >= 4 is 23.2 Å². The third kappa shape index (κ3) is 9.41. The van der Waals surface area contributed by atoms with Gasteiger partial charge in [-0.05, 0) is 44.9 Å². The van der Waals surface area contributed by atoms with Gasteiger partial charge in [0, 0.05) is 51.5 Å². The molecule has 1 saturated heterocycles. The zero-order valence-corrected chi connectivity index (χ0v) is 23.2. The van der Waals surface area contributed by atoms with Crippen LogP contribution in [0.4, 0.5) is 17.3 Å². The molecule has 1 aliphatic carbocycles. The van der Waals surface area contributed by atoms with E-state index in [2.05, 4.69) is 37.4 Å². The van der Waals surface area contributed by atoms with Crippen LogP contribution in [0.2, 0.25) is 0 Å². The first-order valence-corrected chi connectivity index (χ1v) is 13.9. The lowest BCUT2D eigenvalue weighted by molar-refractivity contribution is 0.0958. The van der Waals surface area contributed by atoms with Crippen LogP contribution in [-0.2, 0) is 6.42 Å². The van der Waals surface area contributed by atoms with Crippen LogP contribution in [0.25, 0.3) is 0 Å². The fourth-order valence-corrected chi connectivity index (χ4v) is 4.54. The molecule has 1 saturated carbocycles. The number of rotatable bonds is 9. The standard InChI is InChI=1S/C22H33N7O2.C6H12O/c1-4-18-20(23)27-21(19(26-18)22(30)24-2)25-16-7-5-8-17(15-16)31-14-6-9-29-12-10-28(3)11-13-29;7-6-4-2-1-3-5-6/h5,7-8,15H,4,6,9-14H2,1-3H3,(H,24,30)(H3,23,25,27);6-7H,1-5H2. The molecule has 1 aromatic carbocycles. The molecule has 1 aromatic heterocycles. The predicted octanol–water partition coefficient (Wildman–Crippen LogP) is 3.05. The monoisotopic (exact) mass is 527 g/mol. The smallest absolute Gasteiger partial charge is 0.273 e. The van der Waals surface area contributed by atoms with E-state index in [-0.39, 0.29) is 17.7 Å². The molecule has 2 aromatic rings. The third-order valence-corrected chi connectivity index (χ3v) is 6.93. The minimum atomic E-state index is -0.319. The zero-order valence-electron chi connectivity index (χ0n) is 23.2. The summed E-state index contributed by atoms with van der Waals surface area (Å²) in [5, 5.41) is 14.7. The highest BCUT2D eigenvalue weighted by Crippen LogP contribution is 2.24. The second-order valence-corrected chi connectivity index (χ2v) is 9.98. The van der Waals surface area contributed by atoms with Gasteiger partial charge in [0.1, 0.15) is 11.6 Å². The highest BCUT2D eigenvalue weighted by molar-refractivity contribution is 5.97. The van der Waals surface area contributed by atoms with Gasteiger partial charge in [0.05, 0.1) is 18.4 Å². The van der Waals surface area contributed by atoms with Gasteiger partial charge in [-0.2, -0.15) is 0 Å². The second-order valence-electron chi connectivity index (χ2n) is 9.98. The highest BCUT2D eigenvalue weighted by Gasteiger charge is 2.17.